The van der Waals surface area contributed by atoms with Crippen molar-refractivity contribution < 1.29 is 14.3 Å². The molecule has 11 heteroatoms. The molecule has 3 aromatic carbocycles. The summed E-state index contributed by atoms with van der Waals surface area (Å²) in [4.78, 5) is 21.6. The minimum Gasteiger partial charge on any atom is -0.365 e. The van der Waals surface area contributed by atoms with Crippen LogP contribution in [0.5, 0.6) is 0 Å². The number of hydrogen-bond donors (Lipinski definition) is 1. The number of carbonyl (C=O) groups is 2. The van der Waals surface area contributed by atoms with Gasteiger partial charge in [0.2, 0.25) is 12.3 Å². The molecule has 0 fully saturated rings. The zero-order chi connectivity index (χ0) is 27.4. The molecule has 0 saturated heterocycles. The number of benzene rings is 3. The first-order valence-electron chi connectivity index (χ1n) is 10.6. The van der Waals surface area contributed by atoms with Crippen LogP contribution in [0.25, 0.3) is 0 Å². The normalized spacial score (nSPS) is 11.2. The molecule has 37 heavy (non-hydrogen) atoms. The van der Waals surface area contributed by atoms with Crippen LogP contribution >= 0.6 is 46.4 Å². The first kappa shape index (κ1) is 30.1. The number of methoxy groups -OCH3 is 1. The number of carbonyl (C=O) groups excluding carboxylic acids is 2. The molecule has 0 aliphatic heterocycles. The third-order valence-corrected chi connectivity index (χ3v) is 6.10. The van der Waals surface area contributed by atoms with E-state index in [1.54, 1.807) is 36.5 Å². The average molecular weight is 580 g/mol. The molecule has 7 nitrogen and oxygen atoms in total. The topological polar surface area (TPSA) is 94.8 Å². The second-order valence-corrected chi connectivity index (χ2v) is 8.93. The molecule has 0 aliphatic rings. The number of nitriles is 1. The highest BCUT2D eigenvalue weighted by Gasteiger charge is 2.23. The van der Waals surface area contributed by atoms with Gasteiger partial charge in [0.15, 0.2) is 0 Å². The summed E-state index contributed by atoms with van der Waals surface area (Å²) in [6.07, 6.45) is 2.15. The Labute approximate surface area is 235 Å². The summed E-state index contributed by atoms with van der Waals surface area (Å²) >= 11 is 25.1. The Kier molecular flexibility index (Phi) is 12.4. The molecule has 0 aliphatic carbocycles. The fraction of sp³-hybridized carbons (Fsp3) is 0.154. The Balaban J connectivity index is 0.000000717. The predicted octanol–water partition coefficient (Wildman–Crippen LogP) is 6.68. The van der Waals surface area contributed by atoms with Crippen molar-refractivity contribution in [3.63, 3.8) is 0 Å². The van der Waals surface area contributed by atoms with E-state index in [1.807, 2.05) is 30.3 Å². The van der Waals surface area contributed by atoms with E-state index in [9.17, 15) is 14.9 Å². The van der Waals surface area contributed by atoms with Crippen LogP contribution in [0.3, 0.4) is 0 Å². The van der Waals surface area contributed by atoms with Crippen molar-refractivity contribution in [2.45, 2.75) is 12.8 Å². The van der Waals surface area contributed by atoms with E-state index in [0.717, 1.165) is 5.56 Å². The average Bonchev–Trinajstić information content (AvgIpc) is 2.87. The standard InChI is InChI=1S/C23H15Cl4N3O.C3H7NO2/c1-14(31)30(29-13-15-5-3-2-4-6-15)17-10-21(26)23(22(27)11-17)18(12-28)16-7-8-19(24)20(25)9-16;1-6-3-4-2-5/h2-11,13,18H,1H3;2H,3H2,1H3,(H,4,5)/b29-13+;. The van der Waals surface area contributed by atoms with E-state index in [1.165, 1.54) is 19.0 Å². The van der Waals surface area contributed by atoms with Crippen molar-refractivity contribution in [3.8, 4) is 6.07 Å². The zero-order valence-corrected chi connectivity index (χ0v) is 22.8. The number of hydrazone groups is 1. The number of nitrogens with zero attached hydrogens (tertiary/aromatic N) is 3. The summed E-state index contributed by atoms with van der Waals surface area (Å²) in [5, 5.41) is 18.7. The van der Waals surface area contributed by atoms with Gasteiger partial charge in [0.05, 0.1) is 33.9 Å². The summed E-state index contributed by atoms with van der Waals surface area (Å²) in [6, 6.07) is 19.5. The van der Waals surface area contributed by atoms with E-state index in [-0.39, 0.29) is 16.0 Å². The minimum absolute atomic E-state index is 0.223. The second-order valence-electron chi connectivity index (χ2n) is 7.30. The molecule has 0 radical (unpaired) electrons. The van der Waals surface area contributed by atoms with E-state index in [4.69, 9.17) is 46.4 Å². The fourth-order valence-corrected chi connectivity index (χ4v) is 4.08. The van der Waals surface area contributed by atoms with Crippen molar-refractivity contribution in [2.75, 3.05) is 18.8 Å². The van der Waals surface area contributed by atoms with E-state index < -0.39 is 5.92 Å². The fourth-order valence-electron chi connectivity index (χ4n) is 3.08. The molecule has 2 amide bonds. The SMILES string of the molecule is CC(=O)N(/N=C/c1ccccc1)c1cc(Cl)c(C(C#N)c2ccc(Cl)c(Cl)c2)c(Cl)c1.COCNC=O. The van der Waals surface area contributed by atoms with Crippen LogP contribution in [-0.2, 0) is 14.3 Å². The predicted molar refractivity (Wildman–Crippen MR) is 149 cm³/mol. The van der Waals surface area contributed by atoms with Gasteiger partial charge in [-0.15, -0.1) is 0 Å². The molecule has 192 valence electrons. The Hall–Kier alpha value is -3.12. The van der Waals surface area contributed by atoms with Crippen LogP contribution in [-0.4, -0.2) is 32.4 Å². The molecule has 1 atom stereocenters. The Morgan fingerprint density at radius 1 is 1.05 bits per heavy atom. The number of halogens is 4. The van der Waals surface area contributed by atoms with E-state index in [0.29, 0.717) is 40.0 Å². The number of rotatable bonds is 8. The lowest BCUT2D eigenvalue weighted by molar-refractivity contribution is -0.116. The molecule has 0 heterocycles. The summed E-state index contributed by atoms with van der Waals surface area (Å²) in [5.41, 5.74) is 2.21. The van der Waals surface area contributed by atoms with Crippen molar-refractivity contribution >= 4 is 70.6 Å². The van der Waals surface area contributed by atoms with E-state index in [2.05, 4.69) is 21.2 Å². The molecule has 1 N–H and O–H groups in total. The molecule has 0 spiro atoms. The first-order chi connectivity index (χ1) is 17.7. The summed E-state index contributed by atoms with van der Waals surface area (Å²) in [6.45, 7) is 1.68. The number of amides is 2. The van der Waals surface area contributed by atoms with Crippen LogP contribution < -0.4 is 10.3 Å². The molecule has 1 unspecified atom stereocenters. The Morgan fingerprint density at radius 2 is 1.70 bits per heavy atom. The van der Waals surface area contributed by atoms with Crippen molar-refractivity contribution in [2.24, 2.45) is 5.10 Å². The number of hydrogen-bond acceptors (Lipinski definition) is 5. The molecule has 0 bridgehead atoms. The van der Waals surface area contributed by atoms with Crippen LogP contribution in [0.4, 0.5) is 5.69 Å². The lowest BCUT2D eigenvalue weighted by Gasteiger charge is -2.19. The largest absolute Gasteiger partial charge is 0.365 e. The summed E-state index contributed by atoms with van der Waals surface area (Å²) in [7, 11) is 1.51. The summed E-state index contributed by atoms with van der Waals surface area (Å²) < 4.78 is 4.44. The highest BCUT2D eigenvalue weighted by atomic mass is 35.5. The van der Waals surface area contributed by atoms with Gasteiger partial charge < -0.3 is 10.1 Å². The molecule has 0 aromatic heterocycles. The van der Waals surface area contributed by atoms with Gasteiger partial charge >= 0.3 is 0 Å². The first-order valence-corrected chi connectivity index (χ1v) is 12.1. The highest BCUT2D eigenvalue weighted by molar-refractivity contribution is 6.42. The van der Waals surface area contributed by atoms with Gasteiger partial charge in [-0.05, 0) is 35.4 Å². The van der Waals surface area contributed by atoms with Crippen molar-refractivity contribution in [3.05, 3.63) is 97.4 Å². The van der Waals surface area contributed by atoms with Crippen molar-refractivity contribution in [1.29, 1.82) is 5.26 Å². The Morgan fingerprint density at radius 3 is 2.19 bits per heavy atom. The van der Waals surface area contributed by atoms with Gasteiger partial charge in [0.1, 0.15) is 6.73 Å². The van der Waals surface area contributed by atoms with Gasteiger partial charge in [-0.3, -0.25) is 9.59 Å². The quantitative estimate of drug-likeness (QED) is 0.106. The number of nitrogens with one attached hydrogen (secondary N) is 1. The lowest BCUT2D eigenvalue weighted by Crippen LogP contribution is -2.22. The maximum Gasteiger partial charge on any atom is 0.244 e. The third kappa shape index (κ3) is 8.74. The lowest BCUT2D eigenvalue weighted by atomic mass is 9.92. The smallest absolute Gasteiger partial charge is 0.244 e. The van der Waals surface area contributed by atoms with Crippen molar-refractivity contribution in [1.82, 2.24) is 5.32 Å². The van der Waals surface area contributed by atoms with Crippen LogP contribution in [0.15, 0.2) is 65.8 Å². The number of anilines is 1. The summed E-state index contributed by atoms with van der Waals surface area (Å²) in [5.74, 6) is -1.10. The molecule has 0 saturated carbocycles. The Bertz CT molecular complexity index is 1270. The van der Waals surface area contributed by atoms with Gasteiger partial charge in [0.25, 0.3) is 0 Å². The van der Waals surface area contributed by atoms with E-state index >= 15 is 0 Å². The minimum atomic E-state index is -0.776. The maximum absolute atomic E-state index is 12.2. The molecular weight excluding hydrogens is 558 g/mol. The maximum atomic E-state index is 12.2. The van der Waals surface area contributed by atoms with Gasteiger partial charge in [0, 0.05) is 29.6 Å². The second kappa shape index (κ2) is 15.2. The van der Waals surface area contributed by atoms with Crippen LogP contribution in [0.1, 0.15) is 29.5 Å². The zero-order valence-electron chi connectivity index (χ0n) is 19.8. The highest BCUT2D eigenvalue weighted by Crippen LogP contribution is 2.40. The number of ether oxygens (including phenoxy) is 1. The molecular formula is C26H22Cl4N4O3. The van der Waals surface area contributed by atoms with Crippen LogP contribution in [0.2, 0.25) is 20.1 Å². The van der Waals surface area contributed by atoms with Gasteiger partial charge in [-0.2, -0.15) is 10.4 Å². The van der Waals surface area contributed by atoms with Crippen LogP contribution in [0, 0.1) is 11.3 Å². The van der Waals surface area contributed by atoms with Gasteiger partial charge in [-0.1, -0.05) is 82.8 Å². The molecule has 3 aromatic rings. The third-order valence-electron chi connectivity index (χ3n) is 4.73. The molecule has 3 rings (SSSR count). The monoisotopic (exact) mass is 578 g/mol. The van der Waals surface area contributed by atoms with Gasteiger partial charge in [-0.25, -0.2) is 5.01 Å².